The van der Waals surface area contributed by atoms with E-state index in [4.69, 9.17) is 4.74 Å². The SMILES string of the molecule is CC[C@H](C)NC(=O)COC(=O)[C@](C)(Cc1nc2ccccc2s1)c1ccccc1. The zero-order valence-electron chi connectivity index (χ0n) is 17.0. The molecule has 0 saturated heterocycles. The van der Waals surface area contributed by atoms with Gasteiger partial charge in [0.2, 0.25) is 0 Å². The summed E-state index contributed by atoms with van der Waals surface area (Å²) in [5.74, 6) is -0.717. The van der Waals surface area contributed by atoms with Crippen molar-refractivity contribution in [2.45, 2.75) is 45.1 Å². The lowest BCUT2D eigenvalue weighted by molar-refractivity contribution is -0.154. The number of fused-ring (bicyclic) bond motifs is 1. The van der Waals surface area contributed by atoms with Gasteiger partial charge in [-0.25, -0.2) is 4.98 Å². The Morgan fingerprint density at radius 2 is 1.83 bits per heavy atom. The molecule has 0 unspecified atom stereocenters. The minimum Gasteiger partial charge on any atom is -0.455 e. The second-order valence-electron chi connectivity index (χ2n) is 7.40. The lowest BCUT2D eigenvalue weighted by Crippen LogP contribution is -2.40. The maximum Gasteiger partial charge on any atom is 0.317 e. The minimum atomic E-state index is -0.939. The van der Waals surface area contributed by atoms with Crippen molar-refractivity contribution in [1.29, 1.82) is 0 Å². The van der Waals surface area contributed by atoms with Gasteiger partial charge in [0.1, 0.15) is 0 Å². The van der Waals surface area contributed by atoms with Crippen molar-refractivity contribution in [3.05, 3.63) is 65.2 Å². The summed E-state index contributed by atoms with van der Waals surface area (Å²) in [7, 11) is 0. The topological polar surface area (TPSA) is 68.3 Å². The number of ether oxygens (including phenoxy) is 1. The first kappa shape index (κ1) is 21.0. The molecule has 152 valence electrons. The molecular formula is C23H26N2O3S. The highest BCUT2D eigenvalue weighted by Gasteiger charge is 2.38. The average Bonchev–Trinajstić information content (AvgIpc) is 3.14. The van der Waals surface area contributed by atoms with Gasteiger partial charge in [-0.3, -0.25) is 9.59 Å². The van der Waals surface area contributed by atoms with Gasteiger partial charge in [-0.05, 0) is 38.0 Å². The number of para-hydroxylation sites is 1. The largest absolute Gasteiger partial charge is 0.455 e. The first-order chi connectivity index (χ1) is 13.9. The van der Waals surface area contributed by atoms with Crippen LogP contribution in [-0.4, -0.2) is 29.5 Å². The van der Waals surface area contributed by atoms with Gasteiger partial charge in [0.25, 0.3) is 5.91 Å². The Bertz CT molecular complexity index is 953. The highest BCUT2D eigenvalue weighted by molar-refractivity contribution is 7.18. The molecule has 1 aromatic heterocycles. The molecule has 0 bridgehead atoms. The van der Waals surface area contributed by atoms with Crippen molar-refractivity contribution in [2.75, 3.05) is 6.61 Å². The molecular weight excluding hydrogens is 384 g/mol. The number of thiazole rings is 1. The Balaban J connectivity index is 1.82. The van der Waals surface area contributed by atoms with Gasteiger partial charge in [0.15, 0.2) is 6.61 Å². The van der Waals surface area contributed by atoms with E-state index in [2.05, 4.69) is 10.3 Å². The summed E-state index contributed by atoms with van der Waals surface area (Å²) in [5, 5.41) is 3.68. The molecule has 5 nitrogen and oxygen atoms in total. The summed E-state index contributed by atoms with van der Waals surface area (Å²) in [5.41, 5.74) is 0.821. The molecule has 1 amide bonds. The molecule has 3 aromatic rings. The third-order valence-electron chi connectivity index (χ3n) is 5.06. The number of esters is 1. The lowest BCUT2D eigenvalue weighted by atomic mass is 9.79. The molecule has 2 aromatic carbocycles. The van der Waals surface area contributed by atoms with E-state index in [-0.39, 0.29) is 18.6 Å². The minimum absolute atomic E-state index is 0.0458. The van der Waals surface area contributed by atoms with Crippen LogP contribution < -0.4 is 5.32 Å². The van der Waals surface area contributed by atoms with Gasteiger partial charge in [0, 0.05) is 12.5 Å². The lowest BCUT2D eigenvalue weighted by Gasteiger charge is -2.27. The van der Waals surface area contributed by atoms with Crippen molar-refractivity contribution >= 4 is 33.4 Å². The number of benzene rings is 2. The summed E-state index contributed by atoms with van der Waals surface area (Å²) >= 11 is 1.57. The van der Waals surface area contributed by atoms with Crippen LogP contribution >= 0.6 is 11.3 Å². The summed E-state index contributed by atoms with van der Waals surface area (Å²) < 4.78 is 6.52. The van der Waals surface area contributed by atoms with Crippen LogP contribution in [0, 0.1) is 0 Å². The summed E-state index contributed by atoms with van der Waals surface area (Å²) in [6.45, 7) is 5.47. The van der Waals surface area contributed by atoms with Gasteiger partial charge >= 0.3 is 5.97 Å². The van der Waals surface area contributed by atoms with Crippen molar-refractivity contribution in [3.8, 4) is 0 Å². The number of carbonyl (C=O) groups is 2. The smallest absolute Gasteiger partial charge is 0.317 e. The average molecular weight is 411 g/mol. The van der Waals surface area contributed by atoms with Crippen LogP contribution in [0.5, 0.6) is 0 Å². The van der Waals surface area contributed by atoms with Crippen LogP contribution in [0.2, 0.25) is 0 Å². The summed E-state index contributed by atoms with van der Waals surface area (Å²) in [4.78, 5) is 29.9. The third-order valence-corrected chi connectivity index (χ3v) is 6.09. The monoisotopic (exact) mass is 410 g/mol. The van der Waals surface area contributed by atoms with Crippen LogP contribution in [0.4, 0.5) is 0 Å². The molecule has 2 atom stereocenters. The molecule has 0 radical (unpaired) electrons. The van der Waals surface area contributed by atoms with E-state index < -0.39 is 11.4 Å². The highest BCUT2D eigenvalue weighted by Crippen LogP contribution is 2.33. The molecule has 6 heteroatoms. The quantitative estimate of drug-likeness (QED) is 0.564. The van der Waals surface area contributed by atoms with E-state index >= 15 is 0 Å². The fourth-order valence-corrected chi connectivity index (χ4v) is 4.23. The number of hydrogen-bond donors (Lipinski definition) is 1. The van der Waals surface area contributed by atoms with Crippen LogP contribution in [0.15, 0.2) is 54.6 Å². The highest BCUT2D eigenvalue weighted by atomic mass is 32.1. The summed E-state index contributed by atoms with van der Waals surface area (Å²) in [6, 6.07) is 17.5. The number of rotatable bonds is 8. The van der Waals surface area contributed by atoms with Crippen molar-refractivity contribution in [3.63, 3.8) is 0 Å². The Kier molecular flexibility index (Phi) is 6.64. The van der Waals surface area contributed by atoms with Crippen LogP contribution in [-0.2, 0) is 26.2 Å². The van der Waals surface area contributed by atoms with Crippen LogP contribution in [0.25, 0.3) is 10.2 Å². The Morgan fingerprint density at radius 1 is 1.14 bits per heavy atom. The maximum atomic E-state index is 13.1. The van der Waals surface area contributed by atoms with Crippen molar-refractivity contribution in [1.82, 2.24) is 10.3 Å². The first-order valence-electron chi connectivity index (χ1n) is 9.79. The van der Waals surface area contributed by atoms with Gasteiger partial charge < -0.3 is 10.1 Å². The zero-order chi connectivity index (χ0) is 20.9. The van der Waals surface area contributed by atoms with E-state index in [1.54, 1.807) is 11.3 Å². The predicted octanol–water partition coefficient (Wildman–Crippen LogP) is 4.25. The molecule has 0 aliphatic carbocycles. The standard InChI is InChI=1S/C23H26N2O3S/c1-4-16(2)24-20(26)15-28-22(27)23(3,17-10-6-5-7-11-17)14-21-25-18-12-8-9-13-19(18)29-21/h5-13,16H,4,14-15H2,1-3H3,(H,24,26)/t16-,23+/m0/s1. The molecule has 0 aliphatic heterocycles. The Morgan fingerprint density at radius 3 is 2.52 bits per heavy atom. The molecule has 1 N–H and O–H groups in total. The number of amides is 1. The fourth-order valence-electron chi connectivity index (χ4n) is 3.11. The predicted molar refractivity (Wildman–Crippen MR) is 116 cm³/mol. The second-order valence-corrected chi connectivity index (χ2v) is 8.52. The molecule has 0 saturated carbocycles. The van der Waals surface area contributed by atoms with E-state index in [9.17, 15) is 9.59 Å². The van der Waals surface area contributed by atoms with Crippen LogP contribution in [0.3, 0.4) is 0 Å². The van der Waals surface area contributed by atoms with Gasteiger partial charge in [-0.2, -0.15) is 0 Å². The van der Waals surface area contributed by atoms with Crippen molar-refractivity contribution < 1.29 is 14.3 Å². The number of carbonyl (C=O) groups excluding carboxylic acids is 2. The maximum absolute atomic E-state index is 13.1. The van der Waals surface area contributed by atoms with E-state index in [1.165, 1.54) is 0 Å². The Labute approximate surface area is 175 Å². The fraction of sp³-hybridized carbons (Fsp3) is 0.348. The number of hydrogen-bond acceptors (Lipinski definition) is 5. The van der Waals surface area contributed by atoms with Crippen molar-refractivity contribution in [2.24, 2.45) is 0 Å². The Hall–Kier alpha value is -2.73. The molecule has 1 heterocycles. The van der Waals surface area contributed by atoms with E-state index in [0.717, 1.165) is 27.2 Å². The molecule has 0 fully saturated rings. The van der Waals surface area contributed by atoms with E-state index in [1.807, 2.05) is 75.4 Å². The molecule has 0 spiro atoms. The zero-order valence-corrected chi connectivity index (χ0v) is 17.8. The number of aromatic nitrogens is 1. The normalized spacial score (nSPS) is 14.2. The van der Waals surface area contributed by atoms with Gasteiger partial charge in [-0.1, -0.05) is 49.4 Å². The van der Waals surface area contributed by atoms with Gasteiger partial charge in [-0.15, -0.1) is 11.3 Å². The molecule has 3 rings (SSSR count). The third kappa shape index (κ3) is 5.01. The van der Waals surface area contributed by atoms with E-state index in [0.29, 0.717) is 6.42 Å². The molecule has 29 heavy (non-hydrogen) atoms. The van der Waals surface area contributed by atoms with Gasteiger partial charge in [0.05, 0.1) is 20.6 Å². The van der Waals surface area contributed by atoms with Crippen LogP contribution in [0.1, 0.15) is 37.8 Å². The number of nitrogens with zero attached hydrogens (tertiary/aromatic N) is 1. The first-order valence-corrected chi connectivity index (χ1v) is 10.6. The number of nitrogens with one attached hydrogen (secondary N) is 1. The summed E-state index contributed by atoms with van der Waals surface area (Å²) in [6.07, 6.45) is 1.22. The second kappa shape index (κ2) is 9.18. The molecule has 0 aliphatic rings.